The van der Waals surface area contributed by atoms with E-state index in [1.54, 1.807) is 0 Å². The predicted octanol–water partition coefficient (Wildman–Crippen LogP) is 7.78. The Hall–Kier alpha value is -1.68. The van der Waals surface area contributed by atoms with E-state index in [1.807, 2.05) is 5.57 Å². The fourth-order valence-corrected chi connectivity index (χ4v) is 9.25. The third kappa shape index (κ3) is 4.60. The van der Waals surface area contributed by atoms with E-state index in [0.717, 1.165) is 55.8 Å². The van der Waals surface area contributed by atoms with Crippen molar-refractivity contribution in [2.24, 2.45) is 35.0 Å². The molecule has 0 N–H and O–H groups in total. The molecule has 0 amide bonds. The van der Waals surface area contributed by atoms with Gasteiger partial charge < -0.3 is 14.2 Å². The highest BCUT2D eigenvalue weighted by Crippen LogP contribution is 2.63. The molecule has 198 valence electrons. The van der Waals surface area contributed by atoms with E-state index >= 15 is 0 Å². The third-order valence-corrected chi connectivity index (χ3v) is 11.2. The number of ether oxygens (including phenoxy) is 3. The number of rotatable bonds is 6. The highest BCUT2D eigenvalue weighted by Gasteiger charge is 2.53. The first kappa shape index (κ1) is 24.4. The van der Waals surface area contributed by atoms with Gasteiger partial charge in [0, 0.05) is 0 Å². The summed E-state index contributed by atoms with van der Waals surface area (Å²) in [6, 6.07) is 10.7. The van der Waals surface area contributed by atoms with Gasteiger partial charge in [0.2, 0.25) is 0 Å². The van der Waals surface area contributed by atoms with E-state index in [4.69, 9.17) is 14.2 Å². The normalized spacial score (nSPS) is 39.4. The van der Waals surface area contributed by atoms with E-state index in [9.17, 15) is 0 Å². The van der Waals surface area contributed by atoms with Crippen molar-refractivity contribution < 1.29 is 14.2 Å². The second kappa shape index (κ2) is 10.1. The maximum atomic E-state index is 6.42. The van der Waals surface area contributed by atoms with Gasteiger partial charge in [-0.1, -0.05) is 66.6 Å². The summed E-state index contributed by atoms with van der Waals surface area (Å²) < 4.78 is 17.9. The van der Waals surface area contributed by atoms with Crippen LogP contribution in [0, 0.1) is 35.0 Å². The van der Waals surface area contributed by atoms with Crippen LogP contribution in [-0.4, -0.2) is 25.6 Å². The molecule has 0 aromatic heterocycles. The molecule has 1 saturated heterocycles. The molecule has 4 fully saturated rings. The van der Waals surface area contributed by atoms with Crippen molar-refractivity contribution in [3.63, 3.8) is 0 Å². The summed E-state index contributed by atoms with van der Waals surface area (Å²) in [7, 11) is 0. The Morgan fingerprint density at radius 3 is 2.68 bits per heavy atom. The first-order valence-electron chi connectivity index (χ1n) is 15.2. The lowest BCUT2D eigenvalue weighted by molar-refractivity contribution is -0.0542. The van der Waals surface area contributed by atoms with Crippen LogP contribution >= 0.6 is 0 Å². The molecular formula is C34H44O3. The Bertz CT molecular complexity index is 1060. The van der Waals surface area contributed by atoms with Crippen molar-refractivity contribution in [1.29, 1.82) is 0 Å². The van der Waals surface area contributed by atoms with Gasteiger partial charge >= 0.3 is 0 Å². The van der Waals surface area contributed by atoms with Crippen LogP contribution in [0.3, 0.4) is 0 Å². The summed E-state index contributed by atoms with van der Waals surface area (Å²) >= 11 is 0. The van der Waals surface area contributed by atoms with Gasteiger partial charge in [0.15, 0.2) is 6.29 Å². The molecule has 1 heterocycles. The van der Waals surface area contributed by atoms with Crippen LogP contribution in [-0.2, 0) is 20.8 Å². The van der Waals surface area contributed by atoms with Crippen LogP contribution in [0.5, 0.6) is 0 Å². The SMILES string of the molecule is CC12CCC3C(CCC4CC(OCc5ccccc5)CCC43)C1=CCC2CC1=CCC(C2OCCO2)=C1. The average molecular weight is 501 g/mol. The molecule has 7 unspecified atom stereocenters. The Labute approximate surface area is 223 Å². The molecule has 3 nitrogen and oxygen atoms in total. The standard InChI is InChI=1S/C34H44O3/c1-34-16-15-30-29-13-11-28(37-22-23-5-3-2-4-6-23)21-25(29)9-12-31(30)32(34)14-10-27(34)20-24-7-8-26(19-24)33-35-17-18-36-33/h2-7,14,19,25,27-31,33H,8-13,15-18,20-22H2,1H3. The van der Waals surface area contributed by atoms with Crippen LogP contribution in [0.1, 0.15) is 76.7 Å². The van der Waals surface area contributed by atoms with Crippen LogP contribution in [0.25, 0.3) is 0 Å². The minimum absolute atomic E-state index is 0.0916. The van der Waals surface area contributed by atoms with Crippen molar-refractivity contribution in [2.45, 2.75) is 90.1 Å². The van der Waals surface area contributed by atoms with Gasteiger partial charge in [-0.25, -0.2) is 0 Å². The molecule has 0 spiro atoms. The molecule has 1 aliphatic heterocycles. The van der Waals surface area contributed by atoms with Gasteiger partial charge in [-0.2, -0.15) is 0 Å². The molecule has 6 aliphatic rings. The first-order chi connectivity index (χ1) is 18.2. The molecule has 3 heteroatoms. The lowest BCUT2D eigenvalue weighted by Crippen LogP contribution is -2.46. The lowest BCUT2D eigenvalue weighted by atomic mass is 9.51. The number of fused-ring (bicyclic) bond motifs is 5. The van der Waals surface area contributed by atoms with E-state index in [2.05, 4.69) is 55.5 Å². The van der Waals surface area contributed by atoms with Gasteiger partial charge in [0.1, 0.15) is 0 Å². The molecule has 1 aromatic rings. The van der Waals surface area contributed by atoms with E-state index in [-0.39, 0.29) is 6.29 Å². The number of benzene rings is 1. The summed E-state index contributed by atoms with van der Waals surface area (Å²) in [6.45, 7) is 4.86. The molecule has 7 rings (SSSR count). The molecule has 37 heavy (non-hydrogen) atoms. The second-order valence-corrected chi connectivity index (χ2v) is 13.0. The predicted molar refractivity (Wildman–Crippen MR) is 147 cm³/mol. The summed E-state index contributed by atoms with van der Waals surface area (Å²) in [5.41, 5.74) is 6.42. The van der Waals surface area contributed by atoms with E-state index in [1.165, 1.54) is 74.5 Å². The fourth-order valence-electron chi connectivity index (χ4n) is 9.25. The Morgan fingerprint density at radius 2 is 1.81 bits per heavy atom. The van der Waals surface area contributed by atoms with Crippen LogP contribution in [0.15, 0.2) is 65.3 Å². The molecule has 5 aliphatic carbocycles. The fraction of sp³-hybridized carbons (Fsp3) is 0.647. The van der Waals surface area contributed by atoms with Crippen LogP contribution in [0.4, 0.5) is 0 Å². The van der Waals surface area contributed by atoms with Crippen molar-refractivity contribution >= 4 is 0 Å². The Balaban J connectivity index is 0.969. The quantitative estimate of drug-likeness (QED) is 0.373. The van der Waals surface area contributed by atoms with Crippen molar-refractivity contribution in [3.05, 3.63) is 70.8 Å². The molecule has 3 saturated carbocycles. The number of allylic oxidation sites excluding steroid dienone is 5. The summed E-state index contributed by atoms with van der Waals surface area (Å²) in [5, 5.41) is 0. The van der Waals surface area contributed by atoms with E-state index < -0.39 is 0 Å². The summed E-state index contributed by atoms with van der Waals surface area (Å²) in [4.78, 5) is 0. The van der Waals surface area contributed by atoms with Crippen LogP contribution in [0.2, 0.25) is 0 Å². The molecule has 0 bridgehead atoms. The smallest absolute Gasteiger partial charge is 0.180 e. The van der Waals surface area contributed by atoms with Crippen LogP contribution < -0.4 is 0 Å². The first-order valence-corrected chi connectivity index (χ1v) is 15.2. The molecular weight excluding hydrogens is 456 g/mol. The van der Waals surface area contributed by atoms with Gasteiger partial charge in [-0.05, 0) is 110 Å². The van der Waals surface area contributed by atoms with Gasteiger partial charge in [0.05, 0.1) is 25.9 Å². The largest absolute Gasteiger partial charge is 0.374 e. The molecule has 7 atom stereocenters. The topological polar surface area (TPSA) is 27.7 Å². The molecule has 0 radical (unpaired) electrons. The number of hydrogen-bond donors (Lipinski definition) is 0. The van der Waals surface area contributed by atoms with Gasteiger partial charge in [0.25, 0.3) is 0 Å². The Kier molecular flexibility index (Phi) is 6.67. The third-order valence-electron chi connectivity index (χ3n) is 11.2. The van der Waals surface area contributed by atoms with Crippen molar-refractivity contribution in [3.8, 4) is 0 Å². The number of hydrogen-bond acceptors (Lipinski definition) is 3. The lowest BCUT2D eigenvalue weighted by Gasteiger charge is -2.54. The van der Waals surface area contributed by atoms with Gasteiger partial charge in [-0.15, -0.1) is 0 Å². The summed E-state index contributed by atoms with van der Waals surface area (Å²) in [5.74, 6) is 4.33. The zero-order valence-electron chi connectivity index (χ0n) is 22.6. The molecule has 1 aromatic carbocycles. The minimum atomic E-state index is -0.0916. The maximum Gasteiger partial charge on any atom is 0.180 e. The second-order valence-electron chi connectivity index (χ2n) is 13.0. The van der Waals surface area contributed by atoms with Crippen molar-refractivity contribution in [1.82, 2.24) is 0 Å². The maximum absolute atomic E-state index is 6.42. The highest BCUT2D eigenvalue weighted by molar-refractivity contribution is 5.37. The Morgan fingerprint density at radius 1 is 0.946 bits per heavy atom. The zero-order chi connectivity index (χ0) is 24.8. The van der Waals surface area contributed by atoms with Crippen molar-refractivity contribution in [2.75, 3.05) is 13.2 Å². The highest BCUT2D eigenvalue weighted by atomic mass is 16.7. The monoisotopic (exact) mass is 500 g/mol. The minimum Gasteiger partial charge on any atom is -0.374 e. The summed E-state index contributed by atoms with van der Waals surface area (Å²) in [6.07, 6.45) is 21.0. The van der Waals surface area contributed by atoms with E-state index in [0.29, 0.717) is 11.5 Å². The average Bonchev–Trinajstić information content (AvgIpc) is 3.69. The zero-order valence-corrected chi connectivity index (χ0v) is 22.6. The van der Waals surface area contributed by atoms with Gasteiger partial charge in [-0.3, -0.25) is 0 Å².